The zero-order valence-corrected chi connectivity index (χ0v) is 33.3. The quantitative estimate of drug-likeness (QED) is 0.198. The van der Waals surface area contributed by atoms with Crippen molar-refractivity contribution in [3.05, 3.63) is 76.1 Å². The molecule has 1 spiro atoms. The summed E-state index contributed by atoms with van der Waals surface area (Å²) in [5.74, 6) is 3.38. The molecule has 5 atom stereocenters. The van der Waals surface area contributed by atoms with Gasteiger partial charge in [-0.15, -0.1) is 0 Å². The number of aliphatic carboxylic acids is 1. The van der Waals surface area contributed by atoms with Gasteiger partial charge in [0.1, 0.15) is 17.1 Å². The molecular formula is C45H56ClN3O6. The molecule has 5 aliphatic rings. The van der Waals surface area contributed by atoms with Crippen LogP contribution in [-0.2, 0) is 27.8 Å². The summed E-state index contributed by atoms with van der Waals surface area (Å²) in [6.07, 6.45) is 10.5. The first-order valence-electron chi connectivity index (χ1n) is 20.6. The second kappa shape index (κ2) is 15.6. The van der Waals surface area contributed by atoms with Crippen molar-refractivity contribution in [2.75, 3.05) is 44.8 Å². The first-order chi connectivity index (χ1) is 26.5. The third-order valence-electron chi connectivity index (χ3n) is 13.7. The van der Waals surface area contributed by atoms with Gasteiger partial charge in [0.15, 0.2) is 11.5 Å². The minimum atomic E-state index is -1.09. The van der Waals surface area contributed by atoms with E-state index in [1.807, 2.05) is 24.4 Å². The Balaban J connectivity index is 1.03. The minimum absolute atomic E-state index is 0.131. The van der Waals surface area contributed by atoms with E-state index in [0.29, 0.717) is 49.5 Å². The molecule has 2 aliphatic heterocycles. The van der Waals surface area contributed by atoms with Crippen LogP contribution in [-0.4, -0.2) is 71.7 Å². The summed E-state index contributed by atoms with van der Waals surface area (Å²) < 4.78 is 19.7. The zero-order valence-electron chi connectivity index (χ0n) is 32.6. The number of likely N-dealkylation sites (tertiary alicyclic amines) is 1. The van der Waals surface area contributed by atoms with E-state index in [2.05, 4.69) is 41.2 Å². The number of ketones is 1. The summed E-state index contributed by atoms with van der Waals surface area (Å²) in [4.78, 5) is 32.1. The van der Waals surface area contributed by atoms with Gasteiger partial charge in [0.05, 0.1) is 19.8 Å². The largest absolute Gasteiger partial charge is 0.493 e. The summed E-state index contributed by atoms with van der Waals surface area (Å²) in [6, 6.07) is 13.8. The van der Waals surface area contributed by atoms with Crippen LogP contribution in [0.3, 0.4) is 0 Å². The van der Waals surface area contributed by atoms with Gasteiger partial charge in [-0.1, -0.05) is 31.5 Å². The maximum Gasteiger partial charge on any atom is 0.329 e. The predicted molar refractivity (Wildman–Crippen MR) is 214 cm³/mol. The van der Waals surface area contributed by atoms with Gasteiger partial charge in [-0.05, 0) is 148 Å². The number of carbonyl (C=O) groups is 2. The fraction of sp³-hybridized carbons (Fsp3) is 0.578. The number of rotatable bonds is 11. The third-order valence-corrected chi connectivity index (χ3v) is 13.9. The lowest BCUT2D eigenvalue weighted by Gasteiger charge is -2.47. The van der Waals surface area contributed by atoms with Crippen molar-refractivity contribution in [1.29, 1.82) is 0 Å². The molecule has 2 unspecified atom stereocenters. The number of nitrogens with zero attached hydrogens (tertiary/aromatic N) is 2. The second-order valence-electron chi connectivity index (χ2n) is 17.5. The lowest BCUT2D eigenvalue weighted by Crippen LogP contribution is -2.53. The van der Waals surface area contributed by atoms with Crippen LogP contribution in [0.1, 0.15) is 100 Å². The summed E-state index contributed by atoms with van der Waals surface area (Å²) >= 11 is 6.32. The fourth-order valence-corrected chi connectivity index (χ4v) is 10.8. The van der Waals surface area contributed by atoms with Crippen molar-refractivity contribution < 1.29 is 28.9 Å². The number of benzene rings is 2. The SMILES string of the molecule is CC(=O)C1CCN(CC2COc3cc4c(cc3OC2)C2(CCC(Nc3cccc(Cl)c3)(C(=O)O)CC2)[C@@H](C[C@@H](C)COc2ccnc3c2[C@H](C)CCC3)C4)C1. The number of hydrogen-bond acceptors (Lipinski definition) is 8. The van der Waals surface area contributed by atoms with Gasteiger partial charge in [-0.25, -0.2) is 4.79 Å². The number of hydrogen-bond donors (Lipinski definition) is 2. The zero-order chi connectivity index (χ0) is 38.3. The Labute approximate surface area is 330 Å². The van der Waals surface area contributed by atoms with Crippen molar-refractivity contribution in [2.24, 2.45) is 23.7 Å². The van der Waals surface area contributed by atoms with E-state index in [0.717, 1.165) is 87.5 Å². The number of aryl methyl sites for hydroxylation is 1. The Morgan fingerprint density at radius 2 is 1.87 bits per heavy atom. The van der Waals surface area contributed by atoms with Crippen LogP contribution >= 0.6 is 11.6 Å². The van der Waals surface area contributed by atoms with Gasteiger partial charge in [0.25, 0.3) is 0 Å². The maximum absolute atomic E-state index is 13.1. The van der Waals surface area contributed by atoms with Gasteiger partial charge >= 0.3 is 5.97 Å². The lowest BCUT2D eigenvalue weighted by molar-refractivity contribution is -0.144. The minimum Gasteiger partial charge on any atom is -0.493 e. The highest BCUT2D eigenvalue weighted by molar-refractivity contribution is 6.30. The average Bonchev–Trinajstić information content (AvgIpc) is 3.68. The van der Waals surface area contributed by atoms with Crippen molar-refractivity contribution in [3.63, 3.8) is 0 Å². The lowest BCUT2D eigenvalue weighted by atomic mass is 9.59. The number of carbonyl (C=O) groups excluding carboxylic acids is 1. The molecule has 1 aromatic heterocycles. The van der Waals surface area contributed by atoms with Gasteiger partial charge in [0, 0.05) is 53.1 Å². The summed E-state index contributed by atoms with van der Waals surface area (Å²) in [6.45, 7) is 10.6. The summed E-state index contributed by atoms with van der Waals surface area (Å²) in [5, 5.41) is 14.7. The third kappa shape index (κ3) is 7.68. The number of carboxylic acids is 1. The Morgan fingerprint density at radius 3 is 2.60 bits per heavy atom. The van der Waals surface area contributed by atoms with Crippen molar-refractivity contribution in [3.8, 4) is 17.2 Å². The molecule has 3 aromatic rings. The molecule has 2 aromatic carbocycles. The van der Waals surface area contributed by atoms with E-state index in [9.17, 15) is 14.7 Å². The number of carboxylic acid groups (broad SMARTS) is 1. The van der Waals surface area contributed by atoms with E-state index in [1.54, 1.807) is 19.1 Å². The molecule has 3 heterocycles. The van der Waals surface area contributed by atoms with Crippen LogP contribution in [0.4, 0.5) is 5.69 Å². The first kappa shape index (κ1) is 38.1. The van der Waals surface area contributed by atoms with Crippen LogP contribution in [0.5, 0.6) is 17.2 Å². The van der Waals surface area contributed by atoms with E-state index in [1.165, 1.54) is 28.8 Å². The molecule has 8 rings (SSSR count). The molecule has 1 saturated heterocycles. The number of nitrogens with one attached hydrogen (secondary N) is 1. The number of halogens is 1. The smallest absolute Gasteiger partial charge is 0.329 e. The number of anilines is 1. The normalized spacial score (nSPS) is 29.2. The predicted octanol–water partition coefficient (Wildman–Crippen LogP) is 8.50. The number of pyridine rings is 1. The van der Waals surface area contributed by atoms with Gasteiger partial charge in [0.2, 0.25) is 0 Å². The molecule has 294 valence electrons. The Hall–Kier alpha value is -3.82. The molecular weight excluding hydrogens is 714 g/mol. The van der Waals surface area contributed by atoms with Crippen LogP contribution in [0.15, 0.2) is 48.7 Å². The summed E-state index contributed by atoms with van der Waals surface area (Å²) in [5.41, 5.74) is 4.45. The van der Waals surface area contributed by atoms with Crippen LogP contribution in [0.2, 0.25) is 5.02 Å². The number of ether oxygens (including phenoxy) is 3. The molecule has 0 bridgehead atoms. The van der Waals surface area contributed by atoms with E-state index >= 15 is 0 Å². The molecule has 0 amide bonds. The highest BCUT2D eigenvalue weighted by Crippen LogP contribution is 2.58. The van der Waals surface area contributed by atoms with Crippen molar-refractivity contribution in [2.45, 2.75) is 102 Å². The molecule has 10 heteroatoms. The molecule has 55 heavy (non-hydrogen) atoms. The Morgan fingerprint density at radius 1 is 1.09 bits per heavy atom. The Bertz CT molecular complexity index is 1910. The molecule has 0 radical (unpaired) electrons. The van der Waals surface area contributed by atoms with E-state index < -0.39 is 11.5 Å². The monoisotopic (exact) mass is 769 g/mol. The van der Waals surface area contributed by atoms with Gasteiger partial charge in [-0.3, -0.25) is 9.78 Å². The highest BCUT2D eigenvalue weighted by atomic mass is 35.5. The van der Waals surface area contributed by atoms with Gasteiger partial charge in [-0.2, -0.15) is 0 Å². The second-order valence-corrected chi connectivity index (χ2v) is 17.9. The number of fused-ring (bicyclic) bond motifs is 4. The number of aromatic nitrogens is 1. The average molecular weight is 770 g/mol. The van der Waals surface area contributed by atoms with Crippen LogP contribution < -0.4 is 19.5 Å². The highest BCUT2D eigenvalue weighted by Gasteiger charge is 2.54. The molecule has 2 N–H and O–H groups in total. The molecule has 3 aliphatic carbocycles. The standard InChI is InChI=1S/C45H56ClN3O6/c1-28(25-53-39-10-16-47-38-9-4-6-29(2)42(38)39)18-34-19-33-20-40-41(55-27-31(26-54-40)23-49-17-11-32(24-49)30(3)50)22-37(33)44(34)12-14-45(15-13-44,43(51)52)48-36-8-5-7-35(46)21-36/h5,7-8,10,16,20-22,28-29,31-32,34,48H,4,6,9,11-15,17-19,23-27H2,1-3H3,(H,51,52)/t28-,29-,31?,32?,34+,44?,45?/m1/s1. The first-order valence-corrected chi connectivity index (χ1v) is 20.9. The number of Topliss-reactive ketones (excluding diaryl/α,β-unsaturated/α-hetero) is 1. The topological polar surface area (TPSA) is 110 Å². The van der Waals surface area contributed by atoms with Crippen molar-refractivity contribution >= 4 is 29.0 Å². The molecule has 1 saturated carbocycles. The van der Waals surface area contributed by atoms with Crippen LogP contribution in [0.25, 0.3) is 0 Å². The summed E-state index contributed by atoms with van der Waals surface area (Å²) in [7, 11) is 0. The van der Waals surface area contributed by atoms with E-state index in [4.69, 9.17) is 25.8 Å². The molecule has 9 nitrogen and oxygen atoms in total. The van der Waals surface area contributed by atoms with Crippen LogP contribution in [0, 0.1) is 23.7 Å². The Kier molecular flexibility index (Phi) is 10.8. The van der Waals surface area contributed by atoms with Crippen molar-refractivity contribution in [1.82, 2.24) is 9.88 Å². The van der Waals surface area contributed by atoms with E-state index in [-0.39, 0.29) is 29.0 Å². The molecule has 2 fully saturated rings. The van der Waals surface area contributed by atoms with Gasteiger partial charge < -0.3 is 29.5 Å². The fourth-order valence-electron chi connectivity index (χ4n) is 10.6. The maximum atomic E-state index is 13.1.